The zero-order valence-corrected chi connectivity index (χ0v) is 19.3. The summed E-state index contributed by atoms with van der Waals surface area (Å²) >= 11 is 7.08. The highest BCUT2D eigenvalue weighted by Crippen LogP contribution is 2.24. The van der Waals surface area contributed by atoms with E-state index in [9.17, 15) is 9.59 Å². The van der Waals surface area contributed by atoms with E-state index in [0.29, 0.717) is 41.1 Å². The van der Waals surface area contributed by atoms with Gasteiger partial charge < -0.3 is 14.6 Å². The molecule has 32 heavy (non-hydrogen) atoms. The van der Waals surface area contributed by atoms with E-state index < -0.39 is 0 Å². The quantitative estimate of drug-likeness (QED) is 0.403. The third-order valence-corrected chi connectivity index (χ3v) is 5.83. The second-order valence-electron chi connectivity index (χ2n) is 6.92. The molecule has 1 N–H and O–H groups in total. The van der Waals surface area contributed by atoms with Gasteiger partial charge >= 0.3 is 0 Å². The standard InChI is InChI=1S/C21H25ClN6O3S/c1-31-12-6-19(29)28(10-5-17-4-3-16(22)13-25-17)21-26-14-18(32-21)20(30)24-7-2-9-27-11-8-23-15-27/h3-4,8,11,13-15H,2,5-7,9-10,12H2,1H3,(H,24,30). The Morgan fingerprint density at radius 3 is 2.88 bits per heavy atom. The number of pyridine rings is 1. The number of halogens is 1. The van der Waals surface area contributed by atoms with Crippen molar-refractivity contribution in [3.63, 3.8) is 0 Å². The van der Waals surface area contributed by atoms with Crippen LogP contribution in [0.3, 0.4) is 0 Å². The first-order chi connectivity index (χ1) is 15.6. The van der Waals surface area contributed by atoms with Gasteiger partial charge in [-0.3, -0.25) is 19.5 Å². The predicted octanol–water partition coefficient (Wildman–Crippen LogP) is 2.82. The fraction of sp³-hybridized carbons (Fsp3) is 0.381. The predicted molar refractivity (Wildman–Crippen MR) is 123 cm³/mol. The number of rotatable bonds is 12. The number of ether oxygens (including phenoxy) is 1. The van der Waals surface area contributed by atoms with E-state index in [0.717, 1.165) is 18.7 Å². The largest absolute Gasteiger partial charge is 0.384 e. The lowest BCUT2D eigenvalue weighted by Gasteiger charge is -2.19. The lowest BCUT2D eigenvalue weighted by Crippen LogP contribution is -2.33. The van der Waals surface area contributed by atoms with Gasteiger partial charge in [-0.1, -0.05) is 22.9 Å². The van der Waals surface area contributed by atoms with Crippen LogP contribution in [0.2, 0.25) is 5.02 Å². The first-order valence-electron chi connectivity index (χ1n) is 10.2. The Hall–Kier alpha value is -2.82. The minimum atomic E-state index is -0.206. The second kappa shape index (κ2) is 12.3. The number of hydrogen-bond donors (Lipinski definition) is 1. The number of hydrogen-bond acceptors (Lipinski definition) is 7. The van der Waals surface area contributed by atoms with Crippen LogP contribution in [0.5, 0.6) is 0 Å². The summed E-state index contributed by atoms with van der Waals surface area (Å²) in [6.45, 7) is 2.00. The molecule has 0 aliphatic heterocycles. The molecule has 0 aliphatic carbocycles. The summed E-state index contributed by atoms with van der Waals surface area (Å²) in [6.07, 6.45) is 9.96. The van der Waals surface area contributed by atoms with Crippen LogP contribution in [0.4, 0.5) is 5.13 Å². The van der Waals surface area contributed by atoms with E-state index in [1.54, 1.807) is 36.8 Å². The topological polar surface area (TPSA) is 102 Å². The summed E-state index contributed by atoms with van der Waals surface area (Å²) in [5.41, 5.74) is 0.811. The van der Waals surface area contributed by atoms with Crippen LogP contribution < -0.4 is 10.2 Å². The van der Waals surface area contributed by atoms with Crippen molar-refractivity contribution < 1.29 is 14.3 Å². The van der Waals surface area contributed by atoms with Gasteiger partial charge in [0.05, 0.1) is 30.6 Å². The highest BCUT2D eigenvalue weighted by Gasteiger charge is 2.21. The van der Waals surface area contributed by atoms with Crippen molar-refractivity contribution in [1.29, 1.82) is 0 Å². The fourth-order valence-corrected chi connectivity index (χ4v) is 3.88. The minimum absolute atomic E-state index is 0.123. The molecule has 0 saturated heterocycles. The zero-order chi connectivity index (χ0) is 22.8. The van der Waals surface area contributed by atoms with Gasteiger partial charge in [0.25, 0.3) is 5.91 Å². The fourth-order valence-electron chi connectivity index (χ4n) is 2.90. The molecular weight excluding hydrogens is 452 g/mol. The molecular formula is C21H25ClN6O3S. The summed E-state index contributed by atoms with van der Waals surface area (Å²) in [5, 5.41) is 3.93. The maximum atomic E-state index is 12.7. The molecule has 0 unspecified atom stereocenters. The van der Waals surface area contributed by atoms with E-state index in [4.69, 9.17) is 16.3 Å². The van der Waals surface area contributed by atoms with Crippen LogP contribution in [0, 0.1) is 0 Å². The molecule has 0 saturated carbocycles. The minimum Gasteiger partial charge on any atom is -0.384 e. The zero-order valence-electron chi connectivity index (χ0n) is 17.7. The molecule has 9 nitrogen and oxygen atoms in total. The van der Waals surface area contributed by atoms with E-state index >= 15 is 0 Å². The highest BCUT2D eigenvalue weighted by molar-refractivity contribution is 7.17. The number of thiazole rings is 1. The van der Waals surface area contributed by atoms with Gasteiger partial charge in [0, 0.05) is 57.4 Å². The Labute approximate surface area is 195 Å². The van der Waals surface area contributed by atoms with Gasteiger partial charge in [0.1, 0.15) is 4.88 Å². The molecule has 3 rings (SSSR count). The van der Waals surface area contributed by atoms with Gasteiger partial charge in [-0.25, -0.2) is 9.97 Å². The van der Waals surface area contributed by atoms with E-state index in [-0.39, 0.29) is 18.2 Å². The monoisotopic (exact) mass is 476 g/mol. The van der Waals surface area contributed by atoms with Crippen LogP contribution in [-0.4, -0.2) is 58.1 Å². The molecule has 3 heterocycles. The third kappa shape index (κ3) is 7.11. The van der Waals surface area contributed by atoms with Crippen molar-refractivity contribution in [3.05, 3.63) is 58.8 Å². The SMILES string of the molecule is COCCC(=O)N(CCc1ccc(Cl)cn1)c1ncc(C(=O)NCCCn2ccnc2)s1. The molecule has 0 bridgehead atoms. The number of anilines is 1. The number of aryl methyl sites for hydroxylation is 1. The van der Waals surface area contributed by atoms with E-state index in [2.05, 4.69) is 20.3 Å². The molecule has 0 spiro atoms. The highest BCUT2D eigenvalue weighted by atomic mass is 35.5. The lowest BCUT2D eigenvalue weighted by molar-refractivity contribution is -0.119. The van der Waals surface area contributed by atoms with Crippen molar-refractivity contribution in [2.75, 3.05) is 31.7 Å². The van der Waals surface area contributed by atoms with Crippen LogP contribution in [-0.2, 0) is 22.5 Å². The molecule has 0 aromatic carbocycles. The average molecular weight is 477 g/mol. The molecule has 0 aliphatic rings. The number of aromatic nitrogens is 4. The molecule has 0 atom stereocenters. The average Bonchev–Trinajstić information content (AvgIpc) is 3.49. The number of imidazole rings is 1. The van der Waals surface area contributed by atoms with Crippen molar-refractivity contribution in [2.24, 2.45) is 0 Å². The third-order valence-electron chi connectivity index (χ3n) is 4.59. The number of carbonyl (C=O) groups excluding carboxylic acids is 2. The molecule has 0 radical (unpaired) electrons. The number of nitrogens with one attached hydrogen (secondary N) is 1. The summed E-state index contributed by atoms with van der Waals surface area (Å²) in [7, 11) is 1.55. The lowest BCUT2D eigenvalue weighted by atomic mass is 10.2. The maximum absolute atomic E-state index is 12.7. The molecule has 11 heteroatoms. The summed E-state index contributed by atoms with van der Waals surface area (Å²) < 4.78 is 6.99. The first-order valence-corrected chi connectivity index (χ1v) is 11.4. The van der Waals surface area contributed by atoms with Gasteiger partial charge in [0.15, 0.2) is 5.13 Å². The van der Waals surface area contributed by atoms with Crippen molar-refractivity contribution >= 4 is 39.9 Å². The van der Waals surface area contributed by atoms with Crippen LogP contribution in [0.15, 0.2) is 43.2 Å². The molecule has 170 valence electrons. The van der Waals surface area contributed by atoms with Gasteiger partial charge in [-0.05, 0) is 18.6 Å². The summed E-state index contributed by atoms with van der Waals surface area (Å²) in [5.74, 6) is -0.328. The van der Waals surface area contributed by atoms with E-state index in [1.165, 1.54) is 17.5 Å². The van der Waals surface area contributed by atoms with Crippen molar-refractivity contribution in [1.82, 2.24) is 24.8 Å². The summed E-state index contributed by atoms with van der Waals surface area (Å²) in [6, 6.07) is 3.59. The van der Waals surface area contributed by atoms with Crippen molar-refractivity contribution in [2.45, 2.75) is 25.8 Å². The van der Waals surface area contributed by atoms with Crippen LogP contribution in [0.25, 0.3) is 0 Å². The maximum Gasteiger partial charge on any atom is 0.263 e. The van der Waals surface area contributed by atoms with Crippen LogP contribution >= 0.6 is 22.9 Å². The van der Waals surface area contributed by atoms with Crippen molar-refractivity contribution in [3.8, 4) is 0 Å². The smallest absolute Gasteiger partial charge is 0.263 e. The van der Waals surface area contributed by atoms with E-state index in [1.807, 2.05) is 16.8 Å². The Kier molecular flexibility index (Phi) is 9.14. The number of methoxy groups -OCH3 is 1. The second-order valence-corrected chi connectivity index (χ2v) is 8.37. The van der Waals surface area contributed by atoms with Gasteiger partial charge in [-0.2, -0.15) is 0 Å². The Morgan fingerprint density at radius 2 is 2.16 bits per heavy atom. The first kappa shape index (κ1) is 23.8. The summed E-state index contributed by atoms with van der Waals surface area (Å²) in [4.78, 5) is 39.9. The number of carbonyl (C=O) groups is 2. The molecule has 3 aromatic heterocycles. The molecule has 3 aromatic rings. The Morgan fingerprint density at radius 1 is 1.28 bits per heavy atom. The normalized spacial score (nSPS) is 10.8. The molecule has 2 amide bonds. The molecule has 0 fully saturated rings. The Balaban J connectivity index is 1.59. The number of nitrogens with zero attached hydrogens (tertiary/aromatic N) is 5. The number of amides is 2. The Bertz CT molecular complexity index is 993. The van der Waals surface area contributed by atoms with Gasteiger partial charge in [0.2, 0.25) is 5.91 Å². The van der Waals surface area contributed by atoms with Crippen LogP contribution in [0.1, 0.15) is 28.2 Å². The van der Waals surface area contributed by atoms with Gasteiger partial charge in [-0.15, -0.1) is 0 Å².